The maximum absolute atomic E-state index is 5.82. The van der Waals surface area contributed by atoms with E-state index in [1.54, 1.807) is 11.0 Å². The summed E-state index contributed by atoms with van der Waals surface area (Å²) in [4.78, 5) is 8.67. The van der Waals surface area contributed by atoms with E-state index in [0.29, 0.717) is 6.61 Å². The highest BCUT2D eigenvalue weighted by Gasteiger charge is 2.12. The SMILES string of the molecule is Cc1nn(C)c2ncnc(Nc3ccc(OCc4ccccc4)cc3)c12. The van der Waals surface area contributed by atoms with Gasteiger partial charge in [-0.05, 0) is 36.8 Å². The lowest BCUT2D eigenvalue weighted by atomic mass is 10.2. The van der Waals surface area contributed by atoms with Gasteiger partial charge in [0.05, 0.1) is 11.1 Å². The van der Waals surface area contributed by atoms with Crippen molar-refractivity contribution in [2.75, 3.05) is 5.32 Å². The molecule has 0 atom stereocenters. The number of anilines is 2. The van der Waals surface area contributed by atoms with E-state index in [4.69, 9.17) is 4.74 Å². The summed E-state index contributed by atoms with van der Waals surface area (Å²) < 4.78 is 7.59. The van der Waals surface area contributed by atoms with E-state index < -0.39 is 0 Å². The van der Waals surface area contributed by atoms with Gasteiger partial charge in [-0.3, -0.25) is 4.68 Å². The van der Waals surface area contributed by atoms with Crippen LogP contribution in [0.3, 0.4) is 0 Å². The summed E-state index contributed by atoms with van der Waals surface area (Å²) in [7, 11) is 1.88. The van der Waals surface area contributed by atoms with Gasteiger partial charge in [0.25, 0.3) is 0 Å². The number of aromatic nitrogens is 4. The normalized spacial score (nSPS) is 10.8. The summed E-state index contributed by atoms with van der Waals surface area (Å²) >= 11 is 0. The Morgan fingerprint density at radius 1 is 1.00 bits per heavy atom. The summed E-state index contributed by atoms with van der Waals surface area (Å²) in [6, 6.07) is 17.9. The molecule has 0 radical (unpaired) electrons. The number of aryl methyl sites for hydroxylation is 2. The Balaban J connectivity index is 1.50. The fraction of sp³-hybridized carbons (Fsp3) is 0.150. The minimum absolute atomic E-state index is 0.551. The van der Waals surface area contributed by atoms with Crippen LogP contribution in [-0.4, -0.2) is 19.7 Å². The van der Waals surface area contributed by atoms with Gasteiger partial charge in [-0.15, -0.1) is 0 Å². The number of nitrogens with zero attached hydrogens (tertiary/aromatic N) is 4. The fourth-order valence-corrected chi connectivity index (χ4v) is 2.88. The molecular formula is C20H19N5O. The molecule has 6 heteroatoms. The summed E-state index contributed by atoms with van der Waals surface area (Å²) in [5.74, 6) is 1.57. The number of ether oxygens (including phenoxy) is 1. The molecule has 2 aromatic heterocycles. The molecular weight excluding hydrogens is 326 g/mol. The van der Waals surface area contributed by atoms with Crippen LogP contribution >= 0.6 is 0 Å². The Labute approximate surface area is 151 Å². The second-order valence-corrected chi connectivity index (χ2v) is 6.05. The molecule has 0 bridgehead atoms. The highest BCUT2D eigenvalue weighted by molar-refractivity contribution is 5.90. The molecule has 0 saturated carbocycles. The van der Waals surface area contributed by atoms with Crippen LogP contribution in [0.5, 0.6) is 5.75 Å². The third-order valence-electron chi connectivity index (χ3n) is 4.16. The number of fused-ring (bicyclic) bond motifs is 1. The van der Waals surface area contributed by atoms with Crippen molar-refractivity contribution >= 4 is 22.5 Å². The molecule has 0 unspecified atom stereocenters. The number of hydrogen-bond donors (Lipinski definition) is 1. The molecule has 4 rings (SSSR count). The monoisotopic (exact) mass is 345 g/mol. The third-order valence-corrected chi connectivity index (χ3v) is 4.16. The van der Waals surface area contributed by atoms with Crippen molar-refractivity contribution in [2.24, 2.45) is 7.05 Å². The number of benzene rings is 2. The standard InChI is InChI=1S/C20H19N5O/c1-14-18-19(21-13-22-20(18)25(2)24-14)23-16-8-10-17(11-9-16)26-12-15-6-4-3-5-7-15/h3-11,13H,12H2,1-2H3,(H,21,22,23). The van der Waals surface area contributed by atoms with E-state index in [2.05, 4.69) is 20.4 Å². The Bertz CT molecular complexity index is 1030. The van der Waals surface area contributed by atoms with Crippen molar-refractivity contribution in [1.82, 2.24) is 19.7 Å². The average Bonchev–Trinajstić information content (AvgIpc) is 2.97. The lowest BCUT2D eigenvalue weighted by molar-refractivity contribution is 0.306. The molecule has 0 aliphatic carbocycles. The van der Waals surface area contributed by atoms with Gasteiger partial charge in [0, 0.05) is 12.7 Å². The van der Waals surface area contributed by atoms with Crippen LogP contribution in [0.4, 0.5) is 11.5 Å². The first-order chi connectivity index (χ1) is 12.7. The fourth-order valence-electron chi connectivity index (χ4n) is 2.88. The molecule has 0 amide bonds. The summed E-state index contributed by atoms with van der Waals surface area (Å²) in [6.45, 7) is 2.51. The Morgan fingerprint density at radius 2 is 1.77 bits per heavy atom. The predicted molar refractivity (Wildman–Crippen MR) is 102 cm³/mol. The summed E-state index contributed by atoms with van der Waals surface area (Å²) in [5, 5.41) is 8.69. The van der Waals surface area contributed by atoms with Crippen LogP contribution in [0.2, 0.25) is 0 Å². The lowest BCUT2D eigenvalue weighted by Crippen LogP contribution is -1.98. The van der Waals surface area contributed by atoms with Crippen LogP contribution in [0.25, 0.3) is 11.0 Å². The molecule has 0 fully saturated rings. The third kappa shape index (κ3) is 3.21. The van der Waals surface area contributed by atoms with Crippen molar-refractivity contribution in [3.8, 4) is 5.75 Å². The van der Waals surface area contributed by atoms with E-state index in [-0.39, 0.29) is 0 Å². The molecule has 4 aromatic rings. The van der Waals surface area contributed by atoms with Gasteiger partial charge in [0.2, 0.25) is 0 Å². The zero-order valence-corrected chi connectivity index (χ0v) is 14.7. The van der Waals surface area contributed by atoms with E-state index in [1.165, 1.54) is 0 Å². The summed E-state index contributed by atoms with van der Waals surface area (Å²) in [5.41, 5.74) is 3.78. The Kier molecular flexibility index (Phi) is 4.23. The lowest BCUT2D eigenvalue weighted by Gasteiger charge is -2.09. The van der Waals surface area contributed by atoms with Gasteiger partial charge in [-0.25, -0.2) is 9.97 Å². The van der Waals surface area contributed by atoms with E-state index in [1.807, 2.05) is 68.6 Å². The van der Waals surface area contributed by atoms with Crippen molar-refractivity contribution < 1.29 is 4.74 Å². The van der Waals surface area contributed by atoms with Crippen LogP contribution in [0, 0.1) is 6.92 Å². The van der Waals surface area contributed by atoms with Gasteiger partial charge in [0.1, 0.15) is 24.5 Å². The van der Waals surface area contributed by atoms with E-state index >= 15 is 0 Å². The maximum Gasteiger partial charge on any atom is 0.163 e. The number of rotatable bonds is 5. The average molecular weight is 345 g/mol. The largest absolute Gasteiger partial charge is 0.489 e. The van der Waals surface area contributed by atoms with Crippen molar-refractivity contribution in [3.63, 3.8) is 0 Å². The highest BCUT2D eigenvalue weighted by atomic mass is 16.5. The molecule has 130 valence electrons. The zero-order valence-electron chi connectivity index (χ0n) is 14.7. The second-order valence-electron chi connectivity index (χ2n) is 6.05. The first kappa shape index (κ1) is 16.1. The van der Waals surface area contributed by atoms with E-state index in [0.717, 1.165) is 39.5 Å². The first-order valence-corrected chi connectivity index (χ1v) is 8.39. The molecule has 0 spiro atoms. The molecule has 1 N–H and O–H groups in total. The van der Waals surface area contributed by atoms with Crippen molar-refractivity contribution in [3.05, 3.63) is 72.2 Å². The van der Waals surface area contributed by atoms with Crippen LogP contribution in [0.15, 0.2) is 60.9 Å². The van der Waals surface area contributed by atoms with Crippen molar-refractivity contribution in [2.45, 2.75) is 13.5 Å². The molecule has 6 nitrogen and oxygen atoms in total. The molecule has 0 aliphatic heterocycles. The molecule has 2 heterocycles. The zero-order chi connectivity index (χ0) is 17.9. The van der Waals surface area contributed by atoms with Crippen LogP contribution < -0.4 is 10.1 Å². The number of nitrogens with one attached hydrogen (secondary N) is 1. The highest BCUT2D eigenvalue weighted by Crippen LogP contribution is 2.26. The minimum atomic E-state index is 0.551. The summed E-state index contributed by atoms with van der Waals surface area (Å²) in [6.07, 6.45) is 1.54. The Morgan fingerprint density at radius 3 is 2.54 bits per heavy atom. The Hall–Kier alpha value is -3.41. The predicted octanol–water partition coefficient (Wildman–Crippen LogP) is 3.99. The van der Waals surface area contributed by atoms with Crippen LogP contribution in [0.1, 0.15) is 11.3 Å². The molecule has 0 aliphatic rings. The number of hydrogen-bond acceptors (Lipinski definition) is 5. The molecule has 0 saturated heterocycles. The van der Waals surface area contributed by atoms with Gasteiger partial charge >= 0.3 is 0 Å². The van der Waals surface area contributed by atoms with Gasteiger partial charge in [-0.1, -0.05) is 30.3 Å². The first-order valence-electron chi connectivity index (χ1n) is 8.39. The second kappa shape index (κ2) is 6.84. The van der Waals surface area contributed by atoms with E-state index in [9.17, 15) is 0 Å². The molecule has 2 aromatic carbocycles. The van der Waals surface area contributed by atoms with Gasteiger partial charge < -0.3 is 10.1 Å². The van der Waals surface area contributed by atoms with Crippen molar-refractivity contribution in [1.29, 1.82) is 0 Å². The maximum atomic E-state index is 5.82. The topological polar surface area (TPSA) is 64.9 Å². The van der Waals surface area contributed by atoms with Gasteiger partial charge in [-0.2, -0.15) is 5.10 Å². The van der Waals surface area contributed by atoms with Crippen LogP contribution in [-0.2, 0) is 13.7 Å². The molecule has 26 heavy (non-hydrogen) atoms. The minimum Gasteiger partial charge on any atom is -0.489 e. The van der Waals surface area contributed by atoms with Gasteiger partial charge in [0.15, 0.2) is 5.65 Å². The quantitative estimate of drug-likeness (QED) is 0.592. The smallest absolute Gasteiger partial charge is 0.163 e.